The number of nitrogens with zero attached hydrogens (tertiary/aromatic N) is 3. The van der Waals surface area contributed by atoms with Gasteiger partial charge < -0.3 is 14.0 Å². The average molecular weight is 1100 g/mol. The maximum absolute atomic E-state index is 8.58. The molecule has 0 atom stereocenters. The number of rotatable bonds is 8. The first kappa shape index (κ1) is 45.0. The fourth-order valence-corrected chi connectivity index (χ4v) is 10.9. The van der Waals surface area contributed by atoms with Crippen LogP contribution in [0.1, 0.15) is 26.7 Å². The van der Waals surface area contributed by atoms with E-state index in [4.69, 9.17) is 15.8 Å². The summed E-state index contributed by atoms with van der Waals surface area (Å²) in [6, 6.07) is 78.4. The van der Waals surface area contributed by atoms with E-state index < -0.39 is 14.0 Å². The van der Waals surface area contributed by atoms with Crippen molar-refractivity contribution in [3.05, 3.63) is 230 Å². The van der Waals surface area contributed by atoms with Gasteiger partial charge in [-0.25, -0.2) is 0 Å². The van der Waals surface area contributed by atoms with Crippen LogP contribution in [0.3, 0.4) is 0 Å². The van der Waals surface area contributed by atoms with Crippen molar-refractivity contribution in [2.45, 2.75) is 39.4 Å². The normalized spacial score (nSPS) is 11.9. The van der Waals surface area contributed by atoms with E-state index in [-0.39, 0.29) is 20.1 Å². The molecule has 0 saturated carbocycles. The van der Waals surface area contributed by atoms with Crippen molar-refractivity contribution in [2.75, 3.05) is 0 Å². The summed E-state index contributed by atoms with van der Waals surface area (Å²) >= 11 is 0. The van der Waals surface area contributed by atoms with Gasteiger partial charge in [-0.15, -0.1) is 48.0 Å². The van der Waals surface area contributed by atoms with Gasteiger partial charge in [-0.1, -0.05) is 207 Å². The molecule has 0 fully saturated rings. The molecule has 0 amide bonds. The molecule has 0 bridgehead atoms. The Kier molecular flexibility index (Phi) is 12.5. The average Bonchev–Trinajstić information content (AvgIpc) is 3.96. The van der Waals surface area contributed by atoms with Crippen LogP contribution in [-0.2, 0) is 20.1 Å². The van der Waals surface area contributed by atoms with Crippen LogP contribution in [0.15, 0.2) is 217 Å². The number of hydrogen-bond donors (Lipinski definition) is 0. The second-order valence-electron chi connectivity index (χ2n) is 18.9. The molecule has 3 aromatic heterocycles. The molecular weight excluding hydrogens is 1050 g/mol. The first-order chi connectivity index (χ1) is 34.0. The molecule has 0 N–H and O–H groups in total. The Bertz CT molecular complexity index is 3820. The van der Waals surface area contributed by atoms with Crippen molar-refractivity contribution in [2.24, 2.45) is 0 Å². The van der Waals surface area contributed by atoms with Crippen molar-refractivity contribution < 1.29 is 25.9 Å². The zero-order chi connectivity index (χ0) is 48.0. The molecule has 3 heterocycles. The predicted octanol–water partition coefficient (Wildman–Crippen LogP) is 16.8. The van der Waals surface area contributed by atoms with Gasteiger partial charge in [0.25, 0.3) is 0 Å². The van der Waals surface area contributed by atoms with E-state index in [0.717, 1.165) is 88.9 Å². The number of imidazole rings is 1. The Labute approximate surface area is 426 Å². The summed E-state index contributed by atoms with van der Waals surface area (Å²) in [5.41, 5.74) is 15.4. The van der Waals surface area contributed by atoms with E-state index in [1.165, 1.54) is 27.3 Å². The monoisotopic (exact) mass is 1100 g/mol. The zero-order valence-corrected chi connectivity index (χ0v) is 43.2. The van der Waals surface area contributed by atoms with Crippen LogP contribution in [0.5, 0.6) is 0 Å². The summed E-state index contributed by atoms with van der Waals surface area (Å²) in [7, 11) is -1.56. The molecule has 0 spiro atoms. The molecule has 9 aromatic carbocycles. The SMILES string of the molecule is [2H]C(C)(C)c1cc(-c2[c-]cc(-c3ccccc3)cc2)ncc1[Si](C)(C)C.[Ir].[c-]1ccc2c(oc3cc(-c4ccccc4)ccc32)c1-c1nc2cc3ccccc3cc2n1-c1ccc(-c2ccccc2)cc1. The third-order valence-corrected chi connectivity index (χ3v) is 15.0. The second kappa shape index (κ2) is 19.5. The van der Waals surface area contributed by atoms with Crippen LogP contribution in [-0.4, -0.2) is 22.6 Å². The smallest absolute Gasteiger partial charge is 0.121 e. The van der Waals surface area contributed by atoms with Gasteiger partial charge in [-0.3, -0.25) is 4.98 Å². The summed E-state index contributed by atoms with van der Waals surface area (Å²) in [6.07, 6.45) is 1.99. The molecule has 0 aliphatic carbocycles. The molecule has 0 unspecified atom stereocenters. The Morgan fingerprint density at radius 1 is 0.586 bits per heavy atom. The van der Waals surface area contributed by atoms with Crippen LogP contribution in [0.4, 0.5) is 0 Å². The maximum atomic E-state index is 8.58. The molecule has 70 heavy (non-hydrogen) atoms. The first-order valence-corrected chi connectivity index (χ1v) is 27.0. The molecule has 6 heteroatoms. The molecule has 12 aromatic rings. The van der Waals surface area contributed by atoms with Gasteiger partial charge in [0.15, 0.2) is 0 Å². The summed E-state index contributed by atoms with van der Waals surface area (Å²) in [6.45, 7) is 10.8. The molecule has 0 aliphatic rings. The van der Waals surface area contributed by atoms with Gasteiger partial charge in [0, 0.05) is 38.7 Å². The Balaban J connectivity index is 0.000000185. The molecule has 12 rings (SSSR count). The number of furan rings is 1. The quantitative estimate of drug-likeness (QED) is 0.112. The predicted molar refractivity (Wildman–Crippen MR) is 292 cm³/mol. The van der Waals surface area contributed by atoms with Crippen LogP contribution in [0.25, 0.3) is 105 Å². The standard InChI is InChI=1S/C41H25N2O.C23H26NSi.Ir/c1-3-10-27(11-4-1)29-18-21-33(22-19-29)43-38-25-31-15-8-7-14-30(31)24-37(38)42-41(43)36-17-9-16-35-34-23-20-32(26-39(34)44-40(35)36)28-12-5-2-6-13-28;1-17(2)21-15-22(24-16-23(21)25(3,4)5)20-13-11-19(12-14-20)18-9-7-6-8-10-18;/h1-16,18-26H;6-13,15-17H,1-5H3;/q2*-1;/i;17D;. The summed E-state index contributed by atoms with van der Waals surface area (Å²) in [5.74, 6) is 0.160. The minimum atomic E-state index is -1.56. The van der Waals surface area contributed by atoms with Crippen LogP contribution < -0.4 is 5.19 Å². The van der Waals surface area contributed by atoms with E-state index in [0.29, 0.717) is 0 Å². The van der Waals surface area contributed by atoms with E-state index in [1.54, 1.807) is 0 Å². The van der Waals surface area contributed by atoms with Gasteiger partial charge >= 0.3 is 0 Å². The van der Waals surface area contributed by atoms with Crippen LogP contribution >= 0.6 is 0 Å². The Hall–Kier alpha value is -7.47. The van der Waals surface area contributed by atoms with E-state index in [1.807, 2.05) is 62.5 Å². The van der Waals surface area contributed by atoms with E-state index in [2.05, 4.69) is 200 Å². The molecule has 0 aliphatic heterocycles. The Morgan fingerprint density at radius 2 is 1.17 bits per heavy atom. The molecular formula is C64H51IrN3OSi-2. The molecule has 0 saturated heterocycles. The summed E-state index contributed by atoms with van der Waals surface area (Å²) in [4.78, 5) is 9.96. The number of hydrogen-bond acceptors (Lipinski definition) is 3. The van der Waals surface area contributed by atoms with Gasteiger partial charge in [0.1, 0.15) is 5.58 Å². The fourth-order valence-electron chi connectivity index (χ4n) is 9.35. The number of pyridine rings is 1. The molecule has 343 valence electrons. The third-order valence-electron chi connectivity index (χ3n) is 13.0. The van der Waals surface area contributed by atoms with Crippen molar-refractivity contribution in [1.29, 1.82) is 0 Å². The summed E-state index contributed by atoms with van der Waals surface area (Å²) < 4.78 is 17.5. The minimum absolute atomic E-state index is 0. The molecule has 1 radical (unpaired) electrons. The number of aromatic nitrogens is 3. The van der Waals surface area contributed by atoms with Gasteiger partial charge in [0.2, 0.25) is 0 Å². The van der Waals surface area contributed by atoms with Gasteiger partial charge in [0.05, 0.1) is 30.5 Å². The van der Waals surface area contributed by atoms with Crippen LogP contribution in [0.2, 0.25) is 19.6 Å². The second-order valence-corrected chi connectivity index (χ2v) is 23.9. The first-order valence-electron chi connectivity index (χ1n) is 24.0. The Morgan fingerprint density at radius 3 is 1.80 bits per heavy atom. The maximum Gasteiger partial charge on any atom is 0.121 e. The van der Waals surface area contributed by atoms with Gasteiger partial charge in [-0.05, 0) is 80.1 Å². The van der Waals surface area contributed by atoms with Crippen molar-refractivity contribution >= 4 is 57.0 Å². The minimum Gasteiger partial charge on any atom is -0.501 e. The van der Waals surface area contributed by atoms with Crippen molar-refractivity contribution in [3.8, 4) is 61.7 Å². The largest absolute Gasteiger partial charge is 0.501 e. The van der Waals surface area contributed by atoms with E-state index in [9.17, 15) is 0 Å². The summed E-state index contributed by atoms with van der Waals surface area (Å²) in [5, 5.41) is 5.73. The molecule has 4 nitrogen and oxygen atoms in total. The van der Waals surface area contributed by atoms with Gasteiger partial charge in [-0.2, -0.15) is 0 Å². The zero-order valence-electron chi connectivity index (χ0n) is 40.8. The van der Waals surface area contributed by atoms with E-state index >= 15 is 0 Å². The number of fused-ring (bicyclic) bond motifs is 5. The topological polar surface area (TPSA) is 43.9 Å². The van der Waals surface area contributed by atoms with Crippen molar-refractivity contribution in [3.63, 3.8) is 0 Å². The van der Waals surface area contributed by atoms with Crippen LogP contribution in [0, 0.1) is 12.1 Å². The fraction of sp³-hybridized carbons (Fsp3) is 0.0938. The third kappa shape index (κ3) is 9.10. The number of benzene rings is 9. The van der Waals surface area contributed by atoms with Crippen molar-refractivity contribution in [1.82, 2.24) is 14.5 Å².